The molecule has 1 saturated carbocycles. The van der Waals surface area contributed by atoms with E-state index in [1.54, 1.807) is 11.8 Å². The Hall–Kier alpha value is -2.08. The monoisotopic (exact) mass is 374 g/mol. The Labute approximate surface area is 161 Å². The highest BCUT2D eigenvalue weighted by Crippen LogP contribution is 2.33. The van der Waals surface area contributed by atoms with Crippen molar-refractivity contribution in [3.63, 3.8) is 0 Å². The van der Waals surface area contributed by atoms with E-state index in [9.17, 15) is 9.59 Å². The van der Waals surface area contributed by atoms with E-state index in [2.05, 4.69) is 5.32 Å². The summed E-state index contributed by atoms with van der Waals surface area (Å²) in [6.07, 6.45) is 7.16. The van der Waals surface area contributed by atoms with Gasteiger partial charge in [0.25, 0.3) is 5.91 Å². The molecule has 1 aromatic carbocycles. The predicted molar refractivity (Wildman–Crippen MR) is 104 cm³/mol. The Morgan fingerprint density at radius 3 is 2.85 bits per heavy atom. The number of amides is 2. The lowest BCUT2D eigenvalue weighted by Crippen LogP contribution is -2.45. The van der Waals surface area contributed by atoms with Crippen molar-refractivity contribution in [3.05, 3.63) is 24.3 Å². The van der Waals surface area contributed by atoms with Gasteiger partial charge in [0.15, 0.2) is 6.10 Å². The van der Waals surface area contributed by atoms with Crippen molar-refractivity contribution in [3.8, 4) is 5.75 Å². The molecule has 0 aromatic heterocycles. The Kier molecular flexibility index (Phi) is 7.10. The summed E-state index contributed by atoms with van der Waals surface area (Å²) >= 11 is 0. The van der Waals surface area contributed by atoms with Crippen molar-refractivity contribution in [1.29, 1.82) is 0 Å². The number of anilines is 1. The number of rotatable bonds is 8. The summed E-state index contributed by atoms with van der Waals surface area (Å²) < 4.78 is 11.5. The Bertz CT molecular complexity index is 643. The second-order valence-corrected chi connectivity index (χ2v) is 7.30. The first kappa shape index (κ1) is 19.7. The Morgan fingerprint density at radius 1 is 1.26 bits per heavy atom. The fourth-order valence-electron chi connectivity index (χ4n) is 3.67. The fourth-order valence-corrected chi connectivity index (χ4v) is 3.67. The van der Waals surface area contributed by atoms with Gasteiger partial charge in [-0.2, -0.15) is 0 Å². The van der Waals surface area contributed by atoms with Crippen molar-refractivity contribution >= 4 is 17.5 Å². The van der Waals surface area contributed by atoms with Gasteiger partial charge in [0, 0.05) is 26.1 Å². The average molecular weight is 374 g/mol. The van der Waals surface area contributed by atoms with Crippen LogP contribution in [0.15, 0.2) is 24.3 Å². The molecular formula is C21H30N2O4. The maximum Gasteiger partial charge on any atom is 0.267 e. The van der Waals surface area contributed by atoms with Crippen LogP contribution in [0.5, 0.6) is 5.75 Å². The summed E-state index contributed by atoms with van der Waals surface area (Å²) in [5.74, 6) is 0.532. The second-order valence-electron chi connectivity index (χ2n) is 7.30. The van der Waals surface area contributed by atoms with Crippen LogP contribution in [0.1, 0.15) is 51.9 Å². The topological polar surface area (TPSA) is 67.9 Å². The molecule has 1 atom stereocenters. The zero-order chi connectivity index (χ0) is 19.1. The summed E-state index contributed by atoms with van der Waals surface area (Å²) in [5, 5.41) is 2.92. The number of nitrogens with one attached hydrogen (secondary N) is 1. The van der Waals surface area contributed by atoms with Crippen molar-refractivity contribution < 1.29 is 19.1 Å². The molecule has 1 heterocycles. The number of carbonyl (C=O) groups is 2. The zero-order valence-electron chi connectivity index (χ0n) is 16.1. The molecule has 1 unspecified atom stereocenters. The summed E-state index contributed by atoms with van der Waals surface area (Å²) in [7, 11) is 0. The molecule has 27 heavy (non-hydrogen) atoms. The summed E-state index contributed by atoms with van der Waals surface area (Å²) in [6.45, 7) is 3.39. The lowest BCUT2D eigenvalue weighted by atomic mass is 9.98. The first-order valence-corrected chi connectivity index (χ1v) is 10.1. The molecule has 1 N–H and O–H groups in total. The molecule has 2 aliphatic rings. The quantitative estimate of drug-likeness (QED) is 0.710. The van der Waals surface area contributed by atoms with Crippen LogP contribution >= 0.6 is 0 Å². The van der Waals surface area contributed by atoms with Crippen LogP contribution in [-0.2, 0) is 14.3 Å². The first-order chi connectivity index (χ1) is 13.1. The van der Waals surface area contributed by atoms with E-state index in [1.807, 2.05) is 24.3 Å². The van der Waals surface area contributed by atoms with E-state index >= 15 is 0 Å². The molecule has 148 valence electrons. The number of nitrogens with zero attached hydrogens (tertiary/aromatic N) is 1. The highest BCUT2D eigenvalue weighted by Gasteiger charge is 2.31. The maximum absolute atomic E-state index is 12.4. The van der Waals surface area contributed by atoms with Crippen LogP contribution in [0.2, 0.25) is 0 Å². The number of benzene rings is 1. The van der Waals surface area contributed by atoms with E-state index in [1.165, 1.54) is 32.1 Å². The molecular weight excluding hydrogens is 344 g/mol. The molecule has 1 aliphatic carbocycles. The van der Waals surface area contributed by atoms with Gasteiger partial charge in [0.2, 0.25) is 5.91 Å². The molecule has 0 radical (unpaired) electrons. The minimum absolute atomic E-state index is 0.0444. The van der Waals surface area contributed by atoms with Gasteiger partial charge in [-0.05, 0) is 38.3 Å². The number of hydrogen-bond donors (Lipinski definition) is 1. The van der Waals surface area contributed by atoms with Crippen LogP contribution in [0.3, 0.4) is 0 Å². The van der Waals surface area contributed by atoms with Gasteiger partial charge >= 0.3 is 0 Å². The minimum Gasteiger partial charge on any atom is -0.479 e. The third kappa shape index (κ3) is 5.45. The van der Waals surface area contributed by atoms with Crippen molar-refractivity contribution in [2.45, 2.75) is 64.1 Å². The minimum atomic E-state index is -0.528. The van der Waals surface area contributed by atoms with E-state index < -0.39 is 6.10 Å². The first-order valence-electron chi connectivity index (χ1n) is 10.1. The number of para-hydroxylation sites is 2. The van der Waals surface area contributed by atoms with E-state index in [0.717, 1.165) is 12.1 Å². The standard InChI is InChI=1S/C21H30N2O4/c1-16-21(25)23(18-10-5-6-11-19(18)27-16)14-12-20(24)22-13-7-15-26-17-8-3-2-4-9-17/h5-6,10-11,16-17H,2-4,7-9,12-15H2,1H3,(H,22,24). The second kappa shape index (κ2) is 9.74. The third-order valence-electron chi connectivity index (χ3n) is 5.19. The van der Waals surface area contributed by atoms with Crippen molar-refractivity contribution in [2.75, 3.05) is 24.6 Å². The number of ether oxygens (including phenoxy) is 2. The Balaban J connectivity index is 1.37. The number of hydrogen-bond acceptors (Lipinski definition) is 4. The van der Waals surface area contributed by atoms with Gasteiger partial charge in [0.05, 0.1) is 11.8 Å². The van der Waals surface area contributed by atoms with Crippen LogP contribution < -0.4 is 15.0 Å². The number of fused-ring (bicyclic) bond motifs is 1. The maximum atomic E-state index is 12.4. The van der Waals surface area contributed by atoms with E-state index in [4.69, 9.17) is 9.47 Å². The Morgan fingerprint density at radius 2 is 2.04 bits per heavy atom. The third-order valence-corrected chi connectivity index (χ3v) is 5.19. The normalized spacial score (nSPS) is 20.1. The zero-order valence-corrected chi connectivity index (χ0v) is 16.1. The molecule has 1 aromatic rings. The van der Waals surface area contributed by atoms with Gasteiger partial charge in [-0.3, -0.25) is 9.59 Å². The predicted octanol–water partition coefficient (Wildman–Crippen LogP) is 3.05. The molecule has 6 nitrogen and oxygen atoms in total. The molecule has 0 saturated heterocycles. The largest absolute Gasteiger partial charge is 0.479 e. The molecule has 3 rings (SSSR count). The molecule has 2 amide bonds. The number of carbonyl (C=O) groups excluding carboxylic acids is 2. The van der Waals surface area contributed by atoms with Gasteiger partial charge < -0.3 is 19.7 Å². The van der Waals surface area contributed by atoms with Gasteiger partial charge in [0.1, 0.15) is 5.75 Å². The van der Waals surface area contributed by atoms with E-state index in [0.29, 0.717) is 31.5 Å². The molecule has 1 aliphatic heterocycles. The fraction of sp³-hybridized carbons (Fsp3) is 0.619. The van der Waals surface area contributed by atoms with Crippen LogP contribution in [0.4, 0.5) is 5.69 Å². The smallest absolute Gasteiger partial charge is 0.267 e. The lowest BCUT2D eigenvalue weighted by molar-refractivity contribution is -0.125. The average Bonchev–Trinajstić information content (AvgIpc) is 2.69. The SMILES string of the molecule is CC1Oc2ccccc2N(CCC(=O)NCCCOC2CCCCC2)C1=O. The molecule has 1 fully saturated rings. The van der Waals surface area contributed by atoms with Crippen molar-refractivity contribution in [2.24, 2.45) is 0 Å². The van der Waals surface area contributed by atoms with Gasteiger partial charge in [-0.15, -0.1) is 0 Å². The molecule has 0 spiro atoms. The highest BCUT2D eigenvalue weighted by molar-refractivity contribution is 6.00. The summed E-state index contributed by atoms with van der Waals surface area (Å²) in [5.41, 5.74) is 0.731. The van der Waals surface area contributed by atoms with Gasteiger partial charge in [-0.25, -0.2) is 0 Å². The van der Waals surface area contributed by atoms with E-state index in [-0.39, 0.29) is 18.2 Å². The van der Waals surface area contributed by atoms with Crippen molar-refractivity contribution in [1.82, 2.24) is 5.32 Å². The van der Waals surface area contributed by atoms with Crippen LogP contribution in [0, 0.1) is 0 Å². The lowest BCUT2D eigenvalue weighted by Gasteiger charge is -2.32. The molecule has 6 heteroatoms. The molecule has 0 bridgehead atoms. The van der Waals surface area contributed by atoms with Crippen LogP contribution in [-0.4, -0.2) is 43.7 Å². The summed E-state index contributed by atoms with van der Waals surface area (Å²) in [4.78, 5) is 26.2. The highest BCUT2D eigenvalue weighted by atomic mass is 16.5. The van der Waals surface area contributed by atoms with Gasteiger partial charge in [-0.1, -0.05) is 31.4 Å². The van der Waals surface area contributed by atoms with Crippen LogP contribution in [0.25, 0.3) is 0 Å². The summed E-state index contributed by atoms with van der Waals surface area (Å²) in [6, 6.07) is 7.43.